The third-order valence-electron chi connectivity index (χ3n) is 4.30. The van der Waals surface area contributed by atoms with E-state index in [1.807, 2.05) is 12.1 Å². The van der Waals surface area contributed by atoms with Gasteiger partial charge in [0.25, 0.3) is 0 Å². The van der Waals surface area contributed by atoms with Crippen LogP contribution < -0.4 is 5.49 Å². The Morgan fingerprint density at radius 2 is 1.83 bits per heavy atom. The second kappa shape index (κ2) is 7.36. The van der Waals surface area contributed by atoms with Crippen LogP contribution in [-0.4, -0.2) is 16.5 Å². The first kappa shape index (κ1) is 15.7. The van der Waals surface area contributed by atoms with Crippen LogP contribution in [0.5, 0.6) is 0 Å². The Morgan fingerprint density at radius 1 is 1.09 bits per heavy atom. The number of rotatable bonds is 3. The molecule has 0 N–H and O–H groups in total. The third-order valence-corrected chi connectivity index (χ3v) is 4.30. The first-order valence-corrected chi connectivity index (χ1v) is 8.22. The number of carbonyl (C=O) groups is 1. The lowest BCUT2D eigenvalue weighted by atomic mass is 9.96. The maximum atomic E-state index is 13.8. The summed E-state index contributed by atoms with van der Waals surface area (Å²) in [5.74, 6) is -0.506. The van der Waals surface area contributed by atoms with Crippen molar-refractivity contribution in [1.82, 2.24) is 4.57 Å². The smallest absolute Gasteiger partial charge is 0.236 e. The van der Waals surface area contributed by atoms with E-state index in [1.165, 1.54) is 25.3 Å². The van der Waals surface area contributed by atoms with Gasteiger partial charge in [-0.2, -0.15) is 0 Å². The molecule has 1 aliphatic rings. The lowest BCUT2D eigenvalue weighted by Gasteiger charge is -2.17. The van der Waals surface area contributed by atoms with Gasteiger partial charge in [-0.3, -0.25) is 14.4 Å². The van der Waals surface area contributed by atoms with Crippen molar-refractivity contribution in [1.29, 1.82) is 0 Å². The highest BCUT2D eigenvalue weighted by atomic mass is 19.1. The van der Waals surface area contributed by atoms with Crippen molar-refractivity contribution in [3.63, 3.8) is 0 Å². The third kappa shape index (κ3) is 3.95. The van der Waals surface area contributed by atoms with E-state index in [1.54, 1.807) is 35.0 Å². The van der Waals surface area contributed by atoms with E-state index in [-0.39, 0.29) is 18.1 Å². The Balaban J connectivity index is 1.86. The van der Waals surface area contributed by atoms with Crippen LogP contribution in [0.3, 0.4) is 0 Å². The van der Waals surface area contributed by atoms with Crippen LogP contribution in [0.15, 0.2) is 53.7 Å². The summed E-state index contributed by atoms with van der Waals surface area (Å²) in [6.45, 7) is 0. The number of benzene rings is 1. The summed E-state index contributed by atoms with van der Waals surface area (Å²) in [5.41, 5.74) is 1.08. The Hall–Kier alpha value is -2.23. The highest BCUT2D eigenvalue weighted by Gasteiger charge is 2.13. The number of pyridine rings is 1. The van der Waals surface area contributed by atoms with Crippen LogP contribution >= 0.6 is 0 Å². The van der Waals surface area contributed by atoms with Crippen LogP contribution in [0.1, 0.15) is 42.5 Å². The van der Waals surface area contributed by atoms with Gasteiger partial charge >= 0.3 is 0 Å². The summed E-state index contributed by atoms with van der Waals surface area (Å²) in [7, 11) is 0. The topological polar surface area (TPSA) is 34.4 Å². The van der Waals surface area contributed by atoms with Gasteiger partial charge in [0, 0.05) is 6.20 Å². The Bertz CT molecular complexity index is 745. The summed E-state index contributed by atoms with van der Waals surface area (Å²) in [5, 5.41) is 0. The number of halogens is 1. The fourth-order valence-corrected chi connectivity index (χ4v) is 3.04. The summed E-state index contributed by atoms with van der Waals surface area (Å²) >= 11 is 0. The van der Waals surface area contributed by atoms with E-state index in [2.05, 4.69) is 0 Å². The molecule has 120 valence electrons. The summed E-state index contributed by atoms with van der Waals surface area (Å²) < 4.78 is 15.3. The molecule has 1 saturated carbocycles. The minimum atomic E-state index is -0.344. The van der Waals surface area contributed by atoms with E-state index in [0.29, 0.717) is 17.1 Å². The first-order chi connectivity index (χ1) is 11.2. The predicted octanol–water partition coefficient (Wildman–Crippen LogP) is 3.74. The van der Waals surface area contributed by atoms with Crippen LogP contribution in [0.4, 0.5) is 4.39 Å². The van der Waals surface area contributed by atoms with Crippen molar-refractivity contribution < 1.29 is 9.18 Å². The average molecular weight is 312 g/mol. The molecule has 2 aromatic rings. The predicted molar refractivity (Wildman–Crippen MR) is 87.6 cm³/mol. The minimum absolute atomic E-state index is 0.0362. The van der Waals surface area contributed by atoms with E-state index in [0.717, 1.165) is 12.8 Å². The molecule has 0 aliphatic heterocycles. The molecule has 0 bridgehead atoms. The highest BCUT2D eigenvalue weighted by molar-refractivity contribution is 5.81. The molecule has 0 saturated heterocycles. The van der Waals surface area contributed by atoms with Crippen LogP contribution in [-0.2, 0) is 6.42 Å². The molecule has 23 heavy (non-hydrogen) atoms. The number of aromatic nitrogens is 1. The highest BCUT2D eigenvalue weighted by Crippen LogP contribution is 2.19. The molecule has 3 rings (SSSR count). The van der Waals surface area contributed by atoms with Gasteiger partial charge in [0.05, 0.1) is 12.5 Å². The minimum Gasteiger partial charge on any atom is -0.274 e. The average Bonchev–Trinajstić information content (AvgIpc) is 2.58. The van der Waals surface area contributed by atoms with Gasteiger partial charge in [-0.15, -0.1) is 0 Å². The fourth-order valence-electron chi connectivity index (χ4n) is 3.04. The summed E-state index contributed by atoms with van der Waals surface area (Å²) in [4.78, 5) is 17.3. The summed E-state index contributed by atoms with van der Waals surface area (Å²) in [6.07, 6.45) is 7.58. The molecule has 0 radical (unpaired) electrons. The van der Waals surface area contributed by atoms with Crippen LogP contribution in [0.2, 0.25) is 0 Å². The second-order valence-electron chi connectivity index (χ2n) is 6.01. The molecule has 0 unspecified atom stereocenters. The van der Waals surface area contributed by atoms with Gasteiger partial charge in [-0.25, -0.2) is 4.39 Å². The maximum absolute atomic E-state index is 13.8. The van der Waals surface area contributed by atoms with Crippen molar-refractivity contribution in [3.8, 4) is 0 Å². The molecule has 1 aromatic heterocycles. The molecule has 1 aliphatic carbocycles. The molecule has 4 heteroatoms. The molecule has 3 nitrogen and oxygen atoms in total. The lowest BCUT2D eigenvalue weighted by molar-refractivity contribution is 0.0907. The van der Waals surface area contributed by atoms with E-state index in [4.69, 9.17) is 4.99 Å². The zero-order valence-corrected chi connectivity index (χ0v) is 13.1. The Kier molecular flexibility index (Phi) is 5.01. The number of carbonyl (C=O) groups excluding carboxylic acids is 1. The van der Waals surface area contributed by atoms with Gasteiger partial charge in [0.2, 0.25) is 5.91 Å². The Labute approximate surface area is 135 Å². The molecular formula is C19H21FN2O. The van der Waals surface area contributed by atoms with Gasteiger partial charge in [-0.05, 0) is 36.6 Å². The Morgan fingerprint density at radius 3 is 2.61 bits per heavy atom. The molecule has 0 spiro atoms. The lowest BCUT2D eigenvalue weighted by Crippen LogP contribution is -2.30. The van der Waals surface area contributed by atoms with Gasteiger partial charge in [0.1, 0.15) is 11.3 Å². The van der Waals surface area contributed by atoms with Crippen molar-refractivity contribution in [2.45, 2.75) is 44.6 Å². The molecule has 1 fully saturated rings. The van der Waals surface area contributed by atoms with E-state index < -0.39 is 0 Å². The number of nitrogens with zero attached hydrogens (tertiary/aromatic N) is 2. The quantitative estimate of drug-likeness (QED) is 0.850. The molecule has 1 aromatic carbocycles. The molecule has 0 atom stereocenters. The molecular weight excluding hydrogens is 291 g/mol. The zero-order valence-electron chi connectivity index (χ0n) is 13.1. The molecule has 0 amide bonds. The monoisotopic (exact) mass is 312 g/mol. The van der Waals surface area contributed by atoms with Gasteiger partial charge < -0.3 is 0 Å². The molecule has 1 heterocycles. The second-order valence-corrected chi connectivity index (χ2v) is 6.01. The van der Waals surface area contributed by atoms with Gasteiger partial charge in [0.15, 0.2) is 0 Å². The van der Waals surface area contributed by atoms with Crippen molar-refractivity contribution >= 4 is 5.91 Å². The first-order valence-electron chi connectivity index (χ1n) is 8.22. The fraction of sp³-hybridized carbons (Fsp3) is 0.368. The van der Waals surface area contributed by atoms with Crippen LogP contribution in [0, 0.1) is 5.82 Å². The summed E-state index contributed by atoms with van der Waals surface area (Å²) in [6, 6.07) is 12.2. The van der Waals surface area contributed by atoms with Crippen molar-refractivity contribution in [2.75, 3.05) is 0 Å². The number of hydrogen-bond donors (Lipinski definition) is 0. The number of hydrogen-bond acceptors (Lipinski definition) is 2. The standard InChI is InChI=1S/C19H21FN2O/c20-17-11-5-4-8-15(17)14-19(23)22-13-7-6-12-18(22)21-16-9-2-1-3-10-16/h4-8,11-13,16H,1-3,9-10,14H2. The largest absolute Gasteiger partial charge is 0.274 e. The van der Waals surface area contributed by atoms with Gasteiger partial charge in [-0.1, -0.05) is 43.5 Å². The van der Waals surface area contributed by atoms with Crippen LogP contribution in [0.25, 0.3) is 0 Å². The van der Waals surface area contributed by atoms with Crippen molar-refractivity contribution in [2.24, 2.45) is 4.99 Å². The van der Waals surface area contributed by atoms with E-state index >= 15 is 0 Å². The van der Waals surface area contributed by atoms with Crippen molar-refractivity contribution in [3.05, 3.63) is 65.5 Å². The SMILES string of the molecule is O=C(Cc1ccccc1F)n1ccccc1=NC1CCCCC1. The zero-order chi connectivity index (χ0) is 16.1. The van der Waals surface area contributed by atoms with E-state index in [9.17, 15) is 9.18 Å². The normalized spacial score (nSPS) is 16.5. The maximum Gasteiger partial charge on any atom is 0.236 e.